The number of hydrogen-bond donors (Lipinski definition) is 1. The average Bonchev–Trinajstić information content (AvgIpc) is 2.17. The van der Waals surface area contributed by atoms with Gasteiger partial charge in [-0.05, 0) is 43.0 Å². The monoisotopic (exact) mass is 212 g/mol. The van der Waals surface area contributed by atoms with E-state index in [0.29, 0.717) is 13.0 Å². The molecule has 0 radical (unpaired) electrons. The maximum Gasteiger partial charge on any atom is 0.123 e. The van der Waals surface area contributed by atoms with Crippen LogP contribution in [0.2, 0.25) is 0 Å². The summed E-state index contributed by atoms with van der Waals surface area (Å²) in [6, 6.07) is 4.46. The lowest BCUT2D eigenvalue weighted by molar-refractivity contribution is 0.136. The van der Waals surface area contributed by atoms with Crippen molar-refractivity contribution >= 4 is 0 Å². The van der Waals surface area contributed by atoms with E-state index in [9.17, 15) is 9.50 Å². The Morgan fingerprint density at radius 2 is 2.20 bits per heavy atom. The van der Waals surface area contributed by atoms with Gasteiger partial charge in [-0.15, -0.1) is 0 Å². The highest BCUT2D eigenvalue weighted by Gasteiger charge is 2.10. The highest BCUT2D eigenvalue weighted by atomic mass is 19.1. The topological polar surface area (TPSA) is 29.5 Å². The van der Waals surface area contributed by atoms with Gasteiger partial charge in [-0.25, -0.2) is 4.39 Å². The zero-order chi connectivity index (χ0) is 11.3. The van der Waals surface area contributed by atoms with Gasteiger partial charge in [-0.3, -0.25) is 0 Å². The van der Waals surface area contributed by atoms with Crippen LogP contribution in [0.1, 0.15) is 30.1 Å². The zero-order valence-electron chi connectivity index (χ0n) is 9.16. The number of halogens is 1. The van der Waals surface area contributed by atoms with Crippen LogP contribution >= 0.6 is 0 Å². The number of aliphatic hydroxyl groups is 1. The van der Waals surface area contributed by atoms with Crippen LogP contribution in [0.3, 0.4) is 0 Å². The van der Waals surface area contributed by atoms with Crippen molar-refractivity contribution in [3.63, 3.8) is 0 Å². The van der Waals surface area contributed by atoms with Gasteiger partial charge in [0.1, 0.15) is 5.82 Å². The third-order valence-electron chi connectivity index (χ3n) is 2.42. The highest BCUT2D eigenvalue weighted by Crippen LogP contribution is 2.22. The van der Waals surface area contributed by atoms with Crippen molar-refractivity contribution in [1.82, 2.24) is 0 Å². The van der Waals surface area contributed by atoms with Crippen molar-refractivity contribution < 1.29 is 14.2 Å². The van der Waals surface area contributed by atoms with Crippen molar-refractivity contribution in [2.24, 2.45) is 0 Å². The van der Waals surface area contributed by atoms with E-state index in [1.165, 1.54) is 12.1 Å². The standard InChI is InChI=1S/C12H17FO2/c1-9-8-10(13)5-6-11(9)12(14)4-3-7-15-2/h5-6,8,12,14H,3-4,7H2,1-2H3. The van der Waals surface area contributed by atoms with E-state index in [4.69, 9.17) is 4.74 Å². The first-order valence-corrected chi connectivity index (χ1v) is 5.08. The van der Waals surface area contributed by atoms with Gasteiger partial charge < -0.3 is 9.84 Å². The molecule has 1 unspecified atom stereocenters. The second-order valence-electron chi connectivity index (χ2n) is 3.65. The third kappa shape index (κ3) is 3.61. The molecule has 0 aliphatic heterocycles. The fraction of sp³-hybridized carbons (Fsp3) is 0.500. The van der Waals surface area contributed by atoms with Crippen molar-refractivity contribution in [3.05, 3.63) is 35.1 Å². The van der Waals surface area contributed by atoms with Gasteiger partial charge in [0, 0.05) is 13.7 Å². The smallest absolute Gasteiger partial charge is 0.123 e. The van der Waals surface area contributed by atoms with Crippen LogP contribution in [0, 0.1) is 12.7 Å². The number of ether oxygens (including phenoxy) is 1. The van der Waals surface area contributed by atoms with E-state index >= 15 is 0 Å². The summed E-state index contributed by atoms with van der Waals surface area (Å²) in [6.07, 6.45) is 0.912. The number of benzene rings is 1. The second-order valence-corrected chi connectivity index (χ2v) is 3.65. The lowest BCUT2D eigenvalue weighted by Gasteiger charge is -2.13. The van der Waals surface area contributed by atoms with Crippen molar-refractivity contribution in [2.75, 3.05) is 13.7 Å². The lowest BCUT2D eigenvalue weighted by Crippen LogP contribution is -2.02. The van der Waals surface area contributed by atoms with Crippen LogP contribution in [0.4, 0.5) is 4.39 Å². The summed E-state index contributed by atoms with van der Waals surface area (Å²) < 4.78 is 17.7. The summed E-state index contributed by atoms with van der Waals surface area (Å²) in [5, 5.41) is 9.84. The molecular weight excluding hydrogens is 195 g/mol. The quantitative estimate of drug-likeness (QED) is 0.760. The number of hydrogen-bond acceptors (Lipinski definition) is 2. The SMILES string of the molecule is COCCCC(O)c1ccc(F)cc1C. The summed E-state index contributed by atoms with van der Waals surface area (Å²) >= 11 is 0. The number of aryl methyl sites for hydroxylation is 1. The number of rotatable bonds is 5. The van der Waals surface area contributed by atoms with Gasteiger partial charge in [0.05, 0.1) is 6.10 Å². The maximum atomic E-state index is 12.8. The van der Waals surface area contributed by atoms with Crippen LogP contribution in [-0.4, -0.2) is 18.8 Å². The maximum absolute atomic E-state index is 12.8. The molecule has 0 bridgehead atoms. The predicted molar refractivity (Wildman–Crippen MR) is 57.2 cm³/mol. The normalized spacial score (nSPS) is 12.8. The molecule has 1 aromatic rings. The van der Waals surface area contributed by atoms with Crippen LogP contribution in [0.15, 0.2) is 18.2 Å². The molecule has 0 amide bonds. The summed E-state index contributed by atoms with van der Waals surface area (Å²) in [5.74, 6) is -0.264. The molecule has 1 rings (SSSR count). The summed E-state index contributed by atoms with van der Waals surface area (Å²) in [5.41, 5.74) is 1.59. The molecule has 0 heterocycles. The Balaban J connectivity index is 2.61. The van der Waals surface area contributed by atoms with Crippen molar-refractivity contribution in [3.8, 4) is 0 Å². The fourth-order valence-corrected chi connectivity index (χ4v) is 1.59. The number of methoxy groups -OCH3 is 1. The minimum absolute atomic E-state index is 0.264. The van der Waals surface area contributed by atoms with E-state index in [0.717, 1.165) is 17.5 Å². The van der Waals surface area contributed by atoms with E-state index in [-0.39, 0.29) is 5.82 Å². The van der Waals surface area contributed by atoms with Gasteiger partial charge in [0.25, 0.3) is 0 Å². The highest BCUT2D eigenvalue weighted by molar-refractivity contribution is 5.28. The molecule has 0 aromatic heterocycles. The first kappa shape index (κ1) is 12.1. The first-order valence-electron chi connectivity index (χ1n) is 5.08. The molecule has 1 aromatic carbocycles. The summed E-state index contributed by atoms with van der Waals surface area (Å²) in [6.45, 7) is 2.44. The molecule has 0 spiro atoms. The average molecular weight is 212 g/mol. The van der Waals surface area contributed by atoms with E-state index in [1.807, 2.05) is 0 Å². The van der Waals surface area contributed by atoms with Gasteiger partial charge in [-0.1, -0.05) is 6.07 Å². The molecular formula is C12H17FO2. The Kier molecular flexibility index (Phi) is 4.72. The van der Waals surface area contributed by atoms with Gasteiger partial charge >= 0.3 is 0 Å². The number of aliphatic hydroxyl groups excluding tert-OH is 1. The Hall–Kier alpha value is -0.930. The Morgan fingerprint density at radius 3 is 2.80 bits per heavy atom. The molecule has 0 saturated carbocycles. The largest absolute Gasteiger partial charge is 0.388 e. The van der Waals surface area contributed by atoms with Crippen LogP contribution < -0.4 is 0 Å². The zero-order valence-corrected chi connectivity index (χ0v) is 9.16. The first-order chi connectivity index (χ1) is 7.15. The molecule has 84 valence electrons. The fourth-order valence-electron chi connectivity index (χ4n) is 1.59. The van der Waals surface area contributed by atoms with Crippen LogP contribution in [0.5, 0.6) is 0 Å². The minimum Gasteiger partial charge on any atom is -0.388 e. The van der Waals surface area contributed by atoms with Gasteiger partial charge in [-0.2, -0.15) is 0 Å². The molecule has 2 nitrogen and oxygen atoms in total. The van der Waals surface area contributed by atoms with Gasteiger partial charge in [0.2, 0.25) is 0 Å². The van der Waals surface area contributed by atoms with E-state index in [1.54, 1.807) is 20.1 Å². The Labute approximate surface area is 89.7 Å². The van der Waals surface area contributed by atoms with Crippen LogP contribution in [0.25, 0.3) is 0 Å². The third-order valence-corrected chi connectivity index (χ3v) is 2.42. The Morgan fingerprint density at radius 1 is 1.47 bits per heavy atom. The molecule has 1 N–H and O–H groups in total. The van der Waals surface area contributed by atoms with Crippen molar-refractivity contribution in [2.45, 2.75) is 25.9 Å². The molecule has 0 aliphatic carbocycles. The Bertz CT molecular complexity index is 312. The molecule has 0 fully saturated rings. The lowest BCUT2D eigenvalue weighted by atomic mass is 10.00. The molecule has 15 heavy (non-hydrogen) atoms. The van der Waals surface area contributed by atoms with Crippen molar-refractivity contribution in [1.29, 1.82) is 0 Å². The summed E-state index contributed by atoms with van der Waals surface area (Å²) in [7, 11) is 1.63. The van der Waals surface area contributed by atoms with E-state index < -0.39 is 6.10 Å². The molecule has 1 atom stereocenters. The molecule has 3 heteroatoms. The van der Waals surface area contributed by atoms with E-state index in [2.05, 4.69) is 0 Å². The predicted octanol–water partition coefficient (Wildman–Crippen LogP) is 2.59. The van der Waals surface area contributed by atoms with Gasteiger partial charge in [0.15, 0.2) is 0 Å². The van der Waals surface area contributed by atoms with Crippen LogP contribution in [-0.2, 0) is 4.74 Å². The second kappa shape index (κ2) is 5.83. The summed E-state index contributed by atoms with van der Waals surface area (Å²) in [4.78, 5) is 0. The molecule has 0 saturated heterocycles. The molecule has 0 aliphatic rings. The minimum atomic E-state index is -0.527.